The van der Waals surface area contributed by atoms with Crippen molar-refractivity contribution in [3.8, 4) is 22.2 Å². The van der Waals surface area contributed by atoms with E-state index in [1.807, 2.05) is 50.2 Å². The van der Waals surface area contributed by atoms with Gasteiger partial charge in [0.25, 0.3) is 11.8 Å². The minimum atomic E-state index is -0.0995. The monoisotopic (exact) mass is 371 g/mol. The van der Waals surface area contributed by atoms with E-state index in [1.54, 1.807) is 6.07 Å². The topological polar surface area (TPSA) is 77.2 Å². The lowest BCUT2D eigenvalue weighted by Gasteiger charge is -2.07. The van der Waals surface area contributed by atoms with E-state index in [0.29, 0.717) is 29.7 Å². The molecule has 0 aliphatic heterocycles. The molecule has 0 unspecified atom stereocenters. The standard InChI is InChI=1S/C19H21N3O3S/c1-13(2)24-12-6-11-20-18(23)16-10-9-15(26-16)17-21-19(25-22-17)14-7-4-3-5-8-14/h3-5,7-10,13H,6,11-12H2,1-2H3,(H,20,23). The first kappa shape index (κ1) is 18.3. The number of rotatable bonds is 8. The molecule has 0 fully saturated rings. The van der Waals surface area contributed by atoms with Crippen LogP contribution in [0.2, 0.25) is 0 Å². The summed E-state index contributed by atoms with van der Waals surface area (Å²) in [6, 6.07) is 13.2. The summed E-state index contributed by atoms with van der Waals surface area (Å²) in [6.07, 6.45) is 0.995. The van der Waals surface area contributed by atoms with Crippen molar-refractivity contribution in [1.29, 1.82) is 0 Å². The average molecular weight is 371 g/mol. The second-order valence-electron chi connectivity index (χ2n) is 5.98. The Labute approximate surface area is 156 Å². The van der Waals surface area contributed by atoms with Gasteiger partial charge in [-0.15, -0.1) is 11.3 Å². The van der Waals surface area contributed by atoms with Crippen LogP contribution in [0.1, 0.15) is 29.9 Å². The lowest BCUT2D eigenvalue weighted by atomic mass is 10.2. The summed E-state index contributed by atoms with van der Waals surface area (Å²) in [5.41, 5.74) is 0.865. The second kappa shape index (κ2) is 8.73. The highest BCUT2D eigenvalue weighted by Crippen LogP contribution is 2.28. The number of thiophene rings is 1. The predicted molar refractivity (Wildman–Crippen MR) is 101 cm³/mol. The van der Waals surface area contributed by atoms with Gasteiger partial charge in [0.15, 0.2) is 0 Å². The summed E-state index contributed by atoms with van der Waals surface area (Å²) in [7, 11) is 0. The number of carbonyl (C=O) groups excluding carboxylic acids is 1. The molecule has 0 atom stereocenters. The van der Waals surface area contributed by atoms with Crippen molar-refractivity contribution in [2.45, 2.75) is 26.4 Å². The zero-order valence-corrected chi connectivity index (χ0v) is 15.6. The molecule has 0 bridgehead atoms. The fourth-order valence-corrected chi connectivity index (χ4v) is 3.13. The third-order valence-corrected chi connectivity index (χ3v) is 4.63. The molecular formula is C19H21N3O3S. The van der Waals surface area contributed by atoms with E-state index in [2.05, 4.69) is 15.5 Å². The molecule has 0 saturated carbocycles. The molecule has 2 heterocycles. The number of ether oxygens (including phenoxy) is 1. The molecule has 0 spiro atoms. The Hall–Kier alpha value is -2.51. The number of hydrogen-bond acceptors (Lipinski definition) is 6. The van der Waals surface area contributed by atoms with Gasteiger partial charge in [0, 0.05) is 18.7 Å². The van der Waals surface area contributed by atoms with Gasteiger partial charge in [-0.25, -0.2) is 0 Å². The summed E-state index contributed by atoms with van der Waals surface area (Å²) in [5, 5.41) is 6.91. The first-order chi connectivity index (χ1) is 12.6. The molecule has 1 aromatic carbocycles. The van der Waals surface area contributed by atoms with Crippen LogP contribution in [0.25, 0.3) is 22.2 Å². The van der Waals surface area contributed by atoms with Gasteiger partial charge in [0.05, 0.1) is 15.9 Å². The Balaban J connectivity index is 1.58. The van der Waals surface area contributed by atoms with Crippen LogP contribution >= 0.6 is 11.3 Å². The first-order valence-corrected chi connectivity index (χ1v) is 9.34. The molecular weight excluding hydrogens is 350 g/mol. The Kier molecular flexibility index (Phi) is 6.14. The van der Waals surface area contributed by atoms with Crippen molar-refractivity contribution < 1.29 is 14.1 Å². The van der Waals surface area contributed by atoms with Crippen LogP contribution in [0.4, 0.5) is 0 Å². The molecule has 1 N–H and O–H groups in total. The summed E-state index contributed by atoms with van der Waals surface area (Å²) in [6.45, 7) is 5.21. The molecule has 7 heteroatoms. The van der Waals surface area contributed by atoms with E-state index < -0.39 is 0 Å². The van der Waals surface area contributed by atoms with Crippen LogP contribution in [0.3, 0.4) is 0 Å². The van der Waals surface area contributed by atoms with Crippen molar-refractivity contribution in [3.63, 3.8) is 0 Å². The number of nitrogens with zero attached hydrogens (tertiary/aromatic N) is 2. The number of nitrogens with one attached hydrogen (secondary N) is 1. The van der Waals surface area contributed by atoms with Crippen LogP contribution in [0, 0.1) is 0 Å². The van der Waals surface area contributed by atoms with E-state index >= 15 is 0 Å². The predicted octanol–water partition coefficient (Wildman–Crippen LogP) is 4.01. The maximum Gasteiger partial charge on any atom is 0.261 e. The van der Waals surface area contributed by atoms with Crippen molar-refractivity contribution in [2.75, 3.05) is 13.2 Å². The summed E-state index contributed by atoms with van der Waals surface area (Å²) in [5.74, 6) is 0.848. The van der Waals surface area contributed by atoms with E-state index in [-0.39, 0.29) is 12.0 Å². The lowest BCUT2D eigenvalue weighted by Crippen LogP contribution is -2.24. The van der Waals surface area contributed by atoms with Gasteiger partial charge in [-0.1, -0.05) is 23.4 Å². The highest BCUT2D eigenvalue weighted by Gasteiger charge is 2.15. The van der Waals surface area contributed by atoms with Gasteiger partial charge < -0.3 is 14.6 Å². The number of aromatic nitrogens is 2. The molecule has 26 heavy (non-hydrogen) atoms. The highest BCUT2D eigenvalue weighted by atomic mass is 32.1. The zero-order chi connectivity index (χ0) is 18.4. The van der Waals surface area contributed by atoms with Crippen molar-refractivity contribution in [1.82, 2.24) is 15.5 Å². The SMILES string of the molecule is CC(C)OCCCNC(=O)c1ccc(-c2noc(-c3ccccc3)n2)s1. The van der Waals surface area contributed by atoms with Gasteiger partial charge >= 0.3 is 0 Å². The Bertz CT molecular complexity index is 843. The van der Waals surface area contributed by atoms with E-state index in [9.17, 15) is 4.79 Å². The summed E-state index contributed by atoms with van der Waals surface area (Å²) < 4.78 is 10.8. The van der Waals surface area contributed by atoms with Gasteiger partial charge in [-0.05, 0) is 44.5 Å². The molecule has 3 rings (SSSR count). The molecule has 0 saturated heterocycles. The molecule has 0 aliphatic rings. The van der Waals surface area contributed by atoms with Gasteiger partial charge in [0.2, 0.25) is 5.82 Å². The second-order valence-corrected chi connectivity index (χ2v) is 7.07. The number of amides is 1. The molecule has 3 aromatic rings. The van der Waals surface area contributed by atoms with Crippen molar-refractivity contribution in [3.05, 3.63) is 47.3 Å². The normalized spacial score (nSPS) is 11.0. The molecule has 136 valence electrons. The van der Waals surface area contributed by atoms with Gasteiger partial charge in [-0.3, -0.25) is 4.79 Å². The Morgan fingerprint density at radius 3 is 2.81 bits per heavy atom. The maximum absolute atomic E-state index is 12.2. The minimum Gasteiger partial charge on any atom is -0.379 e. The average Bonchev–Trinajstić information content (AvgIpc) is 3.31. The highest BCUT2D eigenvalue weighted by molar-refractivity contribution is 7.17. The molecule has 6 nitrogen and oxygen atoms in total. The van der Waals surface area contributed by atoms with Crippen LogP contribution in [-0.2, 0) is 4.74 Å². The lowest BCUT2D eigenvalue weighted by molar-refractivity contribution is 0.0757. The first-order valence-electron chi connectivity index (χ1n) is 8.52. The number of hydrogen-bond donors (Lipinski definition) is 1. The van der Waals surface area contributed by atoms with Gasteiger partial charge in [0.1, 0.15) is 0 Å². The van der Waals surface area contributed by atoms with Crippen molar-refractivity contribution >= 4 is 17.2 Å². The zero-order valence-electron chi connectivity index (χ0n) is 14.8. The van der Waals surface area contributed by atoms with Gasteiger partial charge in [-0.2, -0.15) is 4.98 Å². The number of benzene rings is 1. The minimum absolute atomic E-state index is 0.0995. The molecule has 1 amide bonds. The van der Waals surface area contributed by atoms with E-state index in [0.717, 1.165) is 16.9 Å². The van der Waals surface area contributed by atoms with E-state index in [4.69, 9.17) is 9.26 Å². The number of carbonyl (C=O) groups is 1. The van der Waals surface area contributed by atoms with E-state index in [1.165, 1.54) is 11.3 Å². The maximum atomic E-state index is 12.2. The van der Waals surface area contributed by atoms with Crippen LogP contribution in [-0.4, -0.2) is 35.3 Å². The summed E-state index contributed by atoms with van der Waals surface area (Å²) >= 11 is 1.34. The fourth-order valence-electron chi connectivity index (χ4n) is 2.28. The van der Waals surface area contributed by atoms with Crippen LogP contribution in [0.5, 0.6) is 0 Å². The Morgan fingerprint density at radius 1 is 1.23 bits per heavy atom. The summed E-state index contributed by atoms with van der Waals surface area (Å²) in [4.78, 5) is 18.0. The molecule has 0 aliphatic carbocycles. The van der Waals surface area contributed by atoms with Crippen LogP contribution < -0.4 is 5.32 Å². The quantitative estimate of drug-likeness (QED) is 0.605. The molecule has 2 aromatic heterocycles. The third-order valence-electron chi connectivity index (χ3n) is 3.55. The smallest absolute Gasteiger partial charge is 0.261 e. The fraction of sp³-hybridized carbons (Fsp3) is 0.316. The Morgan fingerprint density at radius 2 is 2.04 bits per heavy atom. The van der Waals surface area contributed by atoms with Crippen LogP contribution in [0.15, 0.2) is 47.0 Å². The largest absolute Gasteiger partial charge is 0.379 e. The van der Waals surface area contributed by atoms with Crippen molar-refractivity contribution in [2.24, 2.45) is 0 Å². The third kappa shape index (κ3) is 4.77. The molecule has 0 radical (unpaired) electrons.